The van der Waals surface area contributed by atoms with E-state index in [1.54, 1.807) is 18.9 Å². The number of aliphatic hydroxyl groups is 1. The van der Waals surface area contributed by atoms with Crippen molar-refractivity contribution in [1.29, 1.82) is 0 Å². The molecule has 0 saturated heterocycles. The molecule has 1 aromatic carbocycles. The maximum absolute atomic E-state index is 12.3. The highest BCUT2D eigenvalue weighted by Crippen LogP contribution is 2.38. The third kappa shape index (κ3) is 4.31. The predicted molar refractivity (Wildman–Crippen MR) is 93.7 cm³/mol. The minimum Gasteiger partial charge on any atom is -0.469 e. The lowest BCUT2D eigenvalue weighted by molar-refractivity contribution is -0.160. The summed E-state index contributed by atoms with van der Waals surface area (Å²) in [6.07, 6.45) is 1.34. The Morgan fingerprint density at radius 2 is 2.12 bits per heavy atom. The van der Waals surface area contributed by atoms with Crippen LogP contribution in [0.15, 0.2) is 30.1 Å². The van der Waals surface area contributed by atoms with Gasteiger partial charge in [0.2, 0.25) is 0 Å². The molecule has 0 unspecified atom stereocenters. The molecule has 1 heterocycles. The van der Waals surface area contributed by atoms with E-state index in [1.165, 1.54) is 7.11 Å². The van der Waals surface area contributed by atoms with Gasteiger partial charge < -0.3 is 20.0 Å². The minimum absolute atomic E-state index is 0.0630. The average Bonchev–Trinajstić information content (AvgIpc) is 3.00. The highest BCUT2D eigenvalue weighted by molar-refractivity contribution is 5.77. The molecule has 138 valence electrons. The summed E-state index contributed by atoms with van der Waals surface area (Å²) >= 11 is 0. The first-order valence-electron chi connectivity index (χ1n) is 8.15. The van der Waals surface area contributed by atoms with E-state index >= 15 is 0 Å². The van der Waals surface area contributed by atoms with Crippen LogP contribution >= 0.6 is 0 Å². The van der Waals surface area contributed by atoms with Gasteiger partial charge in [-0.2, -0.15) is 0 Å². The largest absolute Gasteiger partial charge is 0.469 e. The van der Waals surface area contributed by atoms with Crippen LogP contribution in [0.25, 0.3) is 0 Å². The Hall–Kier alpha value is -2.09. The lowest BCUT2D eigenvalue weighted by atomic mass is 9.81. The van der Waals surface area contributed by atoms with Crippen LogP contribution in [0, 0.1) is 12.3 Å². The van der Waals surface area contributed by atoms with E-state index in [9.17, 15) is 9.90 Å². The average molecular weight is 349 g/mol. The second-order valence-corrected chi connectivity index (χ2v) is 6.75. The second kappa shape index (κ2) is 7.86. The van der Waals surface area contributed by atoms with Crippen molar-refractivity contribution in [2.45, 2.75) is 33.5 Å². The molecular weight excluding hydrogens is 322 g/mol. The van der Waals surface area contributed by atoms with E-state index in [4.69, 9.17) is 9.47 Å². The molecule has 0 spiro atoms. The predicted octanol–water partition coefficient (Wildman–Crippen LogP) is 1.54. The molecule has 1 aliphatic heterocycles. The van der Waals surface area contributed by atoms with Crippen molar-refractivity contribution in [3.05, 3.63) is 46.8 Å². The van der Waals surface area contributed by atoms with Gasteiger partial charge in [0.1, 0.15) is 0 Å². The van der Waals surface area contributed by atoms with Gasteiger partial charge in [-0.1, -0.05) is 18.2 Å². The summed E-state index contributed by atoms with van der Waals surface area (Å²) in [4.78, 5) is 12.3. The van der Waals surface area contributed by atoms with Crippen LogP contribution in [0.4, 0.5) is 0 Å². The summed E-state index contributed by atoms with van der Waals surface area (Å²) in [7, 11) is 3.23. The van der Waals surface area contributed by atoms with Gasteiger partial charge in [-0.3, -0.25) is 9.80 Å². The molecule has 0 saturated carbocycles. The number of hydrogen-bond acceptors (Lipinski definition) is 7. The van der Waals surface area contributed by atoms with Crippen LogP contribution in [-0.4, -0.2) is 36.8 Å². The number of aryl methyl sites for hydroxylation is 1. The van der Waals surface area contributed by atoms with E-state index in [0.717, 1.165) is 22.4 Å². The molecule has 0 aromatic heterocycles. The van der Waals surface area contributed by atoms with Crippen molar-refractivity contribution in [2.24, 2.45) is 5.41 Å². The lowest BCUT2D eigenvalue weighted by Gasteiger charge is -2.32. The van der Waals surface area contributed by atoms with Crippen LogP contribution in [-0.2, 0) is 20.9 Å². The summed E-state index contributed by atoms with van der Waals surface area (Å²) in [5.41, 5.74) is 8.50. The summed E-state index contributed by atoms with van der Waals surface area (Å²) in [6.45, 7) is 5.76. The van der Waals surface area contributed by atoms with Crippen LogP contribution in [0.5, 0.6) is 0 Å². The minimum atomic E-state index is -0.894. The molecule has 1 atom stereocenters. The molecule has 3 N–H and O–H groups in total. The Kier molecular flexibility index (Phi) is 6.05. The highest BCUT2D eigenvalue weighted by atomic mass is 16.5. The number of hydrazine groups is 2. The molecular formula is C18H27N3O4. The summed E-state index contributed by atoms with van der Waals surface area (Å²) in [5, 5.41) is 11.3. The van der Waals surface area contributed by atoms with Gasteiger partial charge in [-0.15, -0.1) is 5.53 Å². The summed E-state index contributed by atoms with van der Waals surface area (Å²) in [5.74, 6) is -0.354. The monoisotopic (exact) mass is 349 g/mol. The fourth-order valence-electron chi connectivity index (χ4n) is 2.82. The number of hydrogen-bond donors (Lipinski definition) is 3. The van der Waals surface area contributed by atoms with Gasteiger partial charge in [0.15, 0.2) is 0 Å². The molecule has 0 amide bonds. The van der Waals surface area contributed by atoms with Crippen LogP contribution in [0.2, 0.25) is 0 Å². The number of rotatable bonds is 7. The number of carbonyl (C=O) groups is 1. The normalized spacial score (nSPS) is 15.6. The number of esters is 1. The number of carbonyl (C=O) groups excluding carboxylic acids is 1. The van der Waals surface area contributed by atoms with E-state index in [-0.39, 0.29) is 12.6 Å². The van der Waals surface area contributed by atoms with E-state index in [0.29, 0.717) is 6.61 Å². The first-order valence-corrected chi connectivity index (χ1v) is 8.15. The first-order chi connectivity index (χ1) is 11.8. The summed E-state index contributed by atoms with van der Waals surface area (Å²) < 4.78 is 11.1. The SMILES string of the molecule is COC(=O)C(C)(C)[C@H](OCC1=CN(C)NN1)c1ccc(C)c(CO)c1. The molecule has 0 fully saturated rings. The van der Waals surface area contributed by atoms with Gasteiger partial charge in [-0.05, 0) is 37.5 Å². The molecule has 0 radical (unpaired) electrons. The third-order valence-corrected chi connectivity index (χ3v) is 4.36. The number of aliphatic hydroxyl groups excluding tert-OH is 1. The van der Waals surface area contributed by atoms with Crippen LogP contribution in [0.1, 0.15) is 36.6 Å². The molecule has 7 nitrogen and oxygen atoms in total. The third-order valence-electron chi connectivity index (χ3n) is 4.36. The van der Waals surface area contributed by atoms with Gasteiger partial charge in [0, 0.05) is 13.2 Å². The first kappa shape index (κ1) is 19.2. The quantitative estimate of drug-likeness (QED) is 0.644. The molecule has 7 heteroatoms. The fourth-order valence-corrected chi connectivity index (χ4v) is 2.82. The smallest absolute Gasteiger partial charge is 0.314 e. The number of ether oxygens (including phenoxy) is 2. The zero-order valence-corrected chi connectivity index (χ0v) is 15.4. The zero-order valence-electron chi connectivity index (χ0n) is 15.4. The Morgan fingerprint density at radius 3 is 2.68 bits per heavy atom. The van der Waals surface area contributed by atoms with Gasteiger partial charge in [-0.25, -0.2) is 0 Å². The maximum atomic E-state index is 12.3. The van der Waals surface area contributed by atoms with Crippen molar-refractivity contribution < 1.29 is 19.4 Å². The number of benzene rings is 1. The van der Waals surface area contributed by atoms with Gasteiger partial charge in [0.05, 0.1) is 37.5 Å². The topological polar surface area (TPSA) is 83.1 Å². The Balaban J connectivity index is 2.31. The molecule has 0 aliphatic carbocycles. The molecule has 1 aromatic rings. The second-order valence-electron chi connectivity index (χ2n) is 6.75. The standard InChI is InChI=1S/C18H27N3O4/c1-12-6-7-13(8-14(12)10-22)16(18(2,3)17(23)24-5)25-11-15-9-21(4)20-19-15/h6-9,16,19-20,22H,10-11H2,1-5H3/t16-/m1/s1. The van der Waals surface area contributed by atoms with Crippen LogP contribution in [0.3, 0.4) is 0 Å². The molecule has 0 bridgehead atoms. The maximum Gasteiger partial charge on any atom is 0.314 e. The molecule has 25 heavy (non-hydrogen) atoms. The highest BCUT2D eigenvalue weighted by Gasteiger charge is 2.40. The number of nitrogens with one attached hydrogen (secondary N) is 2. The fraction of sp³-hybridized carbons (Fsp3) is 0.500. The van der Waals surface area contributed by atoms with Crippen molar-refractivity contribution in [3.63, 3.8) is 0 Å². The molecule has 2 rings (SSSR count). The Labute approximate surface area is 148 Å². The van der Waals surface area contributed by atoms with E-state index in [2.05, 4.69) is 11.0 Å². The molecule has 1 aliphatic rings. The zero-order chi connectivity index (χ0) is 18.6. The van der Waals surface area contributed by atoms with Crippen molar-refractivity contribution in [2.75, 3.05) is 20.8 Å². The Morgan fingerprint density at radius 1 is 1.40 bits per heavy atom. The van der Waals surface area contributed by atoms with Gasteiger partial charge in [0.25, 0.3) is 0 Å². The number of methoxy groups -OCH3 is 1. The van der Waals surface area contributed by atoms with E-state index in [1.807, 2.05) is 38.4 Å². The van der Waals surface area contributed by atoms with Gasteiger partial charge >= 0.3 is 5.97 Å². The summed E-state index contributed by atoms with van der Waals surface area (Å²) in [6, 6.07) is 5.73. The van der Waals surface area contributed by atoms with Crippen molar-refractivity contribution in [3.8, 4) is 0 Å². The van der Waals surface area contributed by atoms with Crippen molar-refractivity contribution >= 4 is 5.97 Å². The van der Waals surface area contributed by atoms with Crippen LogP contribution < -0.4 is 11.0 Å². The van der Waals surface area contributed by atoms with E-state index < -0.39 is 11.5 Å². The number of nitrogens with zero attached hydrogens (tertiary/aromatic N) is 1. The van der Waals surface area contributed by atoms with Crippen molar-refractivity contribution in [1.82, 2.24) is 16.0 Å². The lowest BCUT2D eigenvalue weighted by Crippen LogP contribution is -2.36. The Bertz CT molecular complexity index is 658.